The summed E-state index contributed by atoms with van der Waals surface area (Å²) in [6.45, 7) is 3.03. The summed E-state index contributed by atoms with van der Waals surface area (Å²) in [7, 11) is 0. The second-order valence-electron chi connectivity index (χ2n) is 4.53. The van der Waals surface area contributed by atoms with Gasteiger partial charge in [0.2, 0.25) is 0 Å². The molecule has 0 aliphatic heterocycles. The summed E-state index contributed by atoms with van der Waals surface area (Å²) in [5, 5.41) is 36.1. The third-order valence-corrected chi connectivity index (χ3v) is 2.58. The molecule has 0 bridgehead atoms. The van der Waals surface area contributed by atoms with Crippen molar-refractivity contribution in [2.75, 3.05) is 13.1 Å². The number of nitrogens with zero attached hydrogens (tertiary/aromatic N) is 3. The first kappa shape index (κ1) is 15.5. The van der Waals surface area contributed by atoms with Crippen LogP contribution in [-0.2, 0) is 6.54 Å². The van der Waals surface area contributed by atoms with Gasteiger partial charge in [0.25, 0.3) is 0 Å². The number of aromatic nitrogens is 2. The molecular formula is C11H20N4O4. The van der Waals surface area contributed by atoms with E-state index in [-0.39, 0.29) is 18.3 Å². The van der Waals surface area contributed by atoms with Gasteiger partial charge < -0.3 is 15.5 Å². The fourth-order valence-corrected chi connectivity index (χ4v) is 1.62. The fourth-order valence-electron chi connectivity index (χ4n) is 1.62. The van der Waals surface area contributed by atoms with Crippen LogP contribution < -0.4 is 5.32 Å². The van der Waals surface area contributed by atoms with Crippen molar-refractivity contribution in [2.24, 2.45) is 0 Å². The summed E-state index contributed by atoms with van der Waals surface area (Å²) < 4.78 is 1.35. The lowest BCUT2D eigenvalue weighted by Gasteiger charge is -2.12. The number of aliphatic hydroxyl groups excluding tert-OH is 2. The van der Waals surface area contributed by atoms with Crippen molar-refractivity contribution in [1.29, 1.82) is 0 Å². The van der Waals surface area contributed by atoms with Crippen LogP contribution in [0.5, 0.6) is 0 Å². The topological polar surface area (TPSA) is 113 Å². The summed E-state index contributed by atoms with van der Waals surface area (Å²) in [5.41, 5.74) is -0.0860. The first-order valence-electron chi connectivity index (χ1n) is 6.22. The molecule has 19 heavy (non-hydrogen) atoms. The monoisotopic (exact) mass is 272 g/mol. The zero-order chi connectivity index (χ0) is 14.3. The normalized spacial score (nSPS) is 14.3. The van der Waals surface area contributed by atoms with Crippen LogP contribution in [0.1, 0.15) is 19.8 Å². The first-order chi connectivity index (χ1) is 8.99. The van der Waals surface area contributed by atoms with Crippen molar-refractivity contribution < 1.29 is 15.1 Å². The van der Waals surface area contributed by atoms with E-state index in [1.807, 2.05) is 0 Å². The Kier molecular flexibility index (Phi) is 6.40. The molecule has 3 N–H and O–H groups in total. The molecule has 0 aromatic carbocycles. The van der Waals surface area contributed by atoms with Gasteiger partial charge in [-0.2, -0.15) is 5.10 Å². The molecule has 108 valence electrons. The summed E-state index contributed by atoms with van der Waals surface area (Å²) in [4.78, 5) is 9.93. The van der Waals surface area contributed by atoms with Crippen LogP contribution in [0, 0.1) is 10.1 Å². The summed E-state index contributed by atoms with van der Waals surface area (Å²) in [6.07, 6.45) is 3.02. The van der Waals surface area contributed by atoms with Gasteiger partial charge in [-0.1, -0.05) is 0 Å². The number of nitro groups is 1. The smallest absolute Gasteiger partial charge is 0.306 e. The van der Waals surface area contributed by atoms with Crippen LogP contribution in [0.15, 0.2) is 12.4 Å². The van der Waals surface area contributed by atoms with Gasteiger partial charge in [0.05, 0.1) is 23.7 Å². The standard InChI is InChI=1S/C11H20N4O4/c1-9(16)3-2-4-12-6-11(17)8-14-7-10(5-13-14)15(18)19/h5,7,9,11-12,16-17H,2-4,6,8H2,1H3. The number of nitrogens with one attached hydrogen (secondary N) is 1. The molecule has 0 radical (unpaired) electrons. The van der Waals surface area contributed by atoms with E-state index in [2.05, 4.69) is 10.4 Å². The Morgan fingerprint density at radius 1 is 1.58 bits per heavy atom. The van der Waals surface area contributed by atoms with E-state index in [4.69, 9.17) is 5.11 Å². The zero-order valence-electron chi connectivity index (χ0n) is 10.9. The quantitative estimate of drug-likeness (QED) is 0.329. The maximum Gasteiger partial charge on any atom is 0.306 e. The van der Waals surface area contributed by atoms with Crippen LogP contribution in [0.25, 0.3) is 0 Å². The van der Waals surface area contributed by atoms with Crippen LogP contribution in [0.2, 0.25) is 0 Å². The van der Waals surface area contributed by atoms with Crippen molar-refractivity contribution in [2.45, 2.75) is 38.5 Å². The summed E-state index contributed by atoms with van der Waals surface area (Å²) in [6, 6.07) is 0. The lowest BCUT2D eigenvalue weighted by Crippen LogP contribution is -2.31. The Balaban J connectivity index is 2.19. The highest BCUT2D eigenvalue weighted by Crippen LogP contribution is 2.07. The van der Waals surface area contributed by atoms with E-state index in [1.54, 1.807) is 6.92 Å². The average molecular weight is 272 g/mol. The minimum atomic E-state index is -0.661. The number of hydrogen-bond acceptors (Lipinski definition) is 6. The lowest BCUT2D eigenvalue weighted by atomic mass is 10.2. The van der Waals surface area contributed by atoms with Crippen molar-refractivity contribution in [3.63, 3.8) is 0 Å². The molecule has 0 amide bonds. The van der Waals surface area contributed by atoms with E-state index in [1.165, 1.54) is 10.9 Å². The van der Waals surface area contributed by atoms with Gasteiger partial charge in [-0.25, -0.2) is 0 Å². The molecule has 0 spiro atoms. The van der Waals surface area contributed by atoms with E-state index in [0.29, 0.717) is 19.5 Å². The predicted octanol–water partition coefficient (Wildman–Crippen LogP) is -0.0972. The summed E-state index contributed by atoms with van der Waals surface area (Å²) >= 11 is 0. The van der Waals surface area contributed by atoms with Gasteiger partial charge >= 0.3 is 5.69 Å². The molecule has 1 aromatic heterocycles. The first-order valence-corrected chi connectivity index (χ1v) is 6.22. The van der Waals surface area contributed by atoms with E-state index >= 15 is 0 Å². The molecule has 1 aromatic rings. The van der Waals surface area contributed by atoms with Crippen molar-refractivity contribution in [3.8, 4) is 0 Å². The average Bonchev–Trinajstić information content (AvgIpc) is 2.76. The van der Waals surface area contributed by atoms with Gasteiger partial charge in [-0.15, -0.1) is 0 Å². The van der Waals surface area contributed by atoms with Crippen molar-refractivity contribution in [1.82, 2.24) is 15.1 Å². The fraction of sp³-hybridized carbons (Fsp3) is 0.727. The highest BCUT2D eigenvalue weighted by Gasteiger charge is 2.11. The molecule has 2 unspecified atom stereocenters. The Bertz CT molecular complexity index is 394. The Morgan fingerprint density at radius 2 is 2.32 bits per heavy atom. The number of aliphatic hydroxyl groups is 2. The lowest BCUT2D eigenvalue weighted by molar-refractivity contribution is -0.385. The Hall–Kier alpha value is -1.51. The van der Waals surface area contributed by atoms with E-state index in [9.17, 15) is 15.2 Å². The van der Waals surface area contributed by atoms with E-state index in [0.717, 1.165) is 12.6 Å². The highest BCUT2D eigenvalue weighted by atomic mass is 16.6. The second-order valence-corrected chi connectivity index (χ2v) is 4.53. The minimum Gasteiger partial charge on any atom is -0.393 e. The molecule has 2 atom stereocenters. The zero-order valence-corrected chi connectivity index (χ0v) is 10.9. The van der Waals surface area contributed by atoms with Gasteiger partial charge in [0.1, 0.15) is 12.4 Å². The third kappa shape index (κ3) is 6.27. The molecule has 0 aliphatic rings. The summed E-state index contributed by atoms with van der Waals surface area (Å²) in [5.74, 6) is 0. The van der Waals surface area contributed by atoms with Crippen LogP contribution in [-0.4, -0.2) is 50.2 Å². The van der Waals surface area contributed by atoms with Crippen LogP contribution in [0.3, 0.4) is 0 Å². The predicted molar refractivity (Wildman–Crippen MR) is 68.7 cm³/mol. The van der Waals surface area contributed by atoms with Gasteiger partial charge in [0, 0.05) is 6.54 Å². The molecule has 0 saturated heterocycles. The number of hydrogen-bond donors (Lipinski definition) is 3. The maximum absolute atomic E-state index is 10.5. The van der Waals surface area contributed by atoms with Crippen molar-refractivity contribution >= 4 is 5.69 Å². The molecule has 0 fully saturated rings. The molecular weight excluding hydrogens is 252 g/mol. The van der Waals surface area contributed by atoms with Crippen LogP contribution in [0.4, 0.5) is 5.69 Å². The van der Waals surface area contributed by atoms with Crippen molar-refractivity contribution in [3.05, 3.63) is 22.5 Å². The van der Waals surface area contributed by atoms with E-state index < -0.39 is 11.0 Å². The second kappa shape index (κ2) is 7.82. The number of rotatable bonds is 9. The molecule has 0 saturated carbocycles. The SMILES string of the molecule is CC(O)CCCNCC(O)Cn1cc([N+](=O)[O-])cn1. The molecule has 8 heteroatoms. The maximum atomic E-state index is 10.5. The highest BCUT2D eigenvalue weighted by molar-refractivity contribution is 5.20. The van der Waals surface area contributed by atoms with Gasteiger partial charge in [0.15, 0.2) is 0 Å². The van der Waals surface area contributed by atoms with Crippen LogP contribution >= 0.6 is 0 Å². The molecule has 1 rings (SSSR count). The molecule has 1 heterocycles. The van der Waals surface area contributed by atoms with Gasteiger partial charge in [-0.3, -0.25) is 14.8 Å². The Morgan fingerprint density at radius 3 is 2.89 bits per heavy atom. The molecule has 8 nitrogen and oxygen atoms in total. The van der Waals surface area contributed by atoms with Gasteiger partial charge in [-0.05, 0) is 26.3 Å². The molecule has 0 aliphatic carbocycles. The third-order valence-electron chi connectivity index (χ3n) is 2.58. The minimum absolute atomic E-state index is 0.0860. The largest absolute Gasteiger partial charge is 0.393 e. The Labute approximate surface area is 111 Å².